The molecule has 0 spiro atoms. The first-order chi connectivity index (χ1) is 13.1. The van der Waals surface area contributed by atoms with Crippen molar-refractivity contribution < 1.29 is 0 Å². The van der Waals surface area contributed by atoms with Crippen LogP contribution in [0.15, 0.2) is 54.6 Å². The summed E-state index contributed by atoms with van der Waals surface area (Å²) in [6.07, 6.45) is 2.29. The van der Waals surface area contributed by atoms with Crippen molar-refractivity contribution in [3.63, 3.8) is 0 Å². The highest BCUT2D eigenvalue weighted by Crippen LogP contribution is 2.12. The zero-order chi connectivity index (χ0) is 19.9. The second kappa shape index (κ2) is 14.2. The summed E-state index contributed by atoms with van der Waals surface area (Å²) in [5, 5.41) is 6.41. The van der Waals surface area contributed by atoms with Gasteiger partial charge in [0.25, 0.3) is 0 Å². The molecule has 0 aromatic heterocycles. The minimum atomic E-state index is 0.523. The Kier molecular flexibility index (Phi) is 12.2. The molecule has 2 aromatic carbocycles. The smallest absolute Gasteiger partial charge is 0.0359 e. The molecule has 4 nitrogen and oxygen atoms in total. The summed E-state index contributed by atoms with van der Waals surface area (Å²) in [7, 11) is 3.75. The molecule has 4 heteroatoms. The average molecular weight is 371 g/mol. The molecule has 0 saturated heterocycles. The van der Waals surface area contributed by atoms with Crippen LogP contribution in [0.1, 0.15) is 37.8 Å². The molecule has 0 amide bonds. The van der Waals surface area contributed by atoms with Crippen molar-refractivity contribution in [2.75, 3.05) is 32.9 Å². The quantitative estimate of drug-likeness (QED) is 0.556. The molecule has 0 fully saturated rings. The lowest BCUT2D eigenvalue weighted by Crippen LogP contribution is -2.33. The van der Waals surface area contributed by atoms with E-state index in [1.165, 1.54) is 11.1 Å². The molecule has 1 atom stereocenters. The van der Waals surface area contributed by atoms with Crippen LogP contribution < -0.4 is 16.4 Å². The fourth-order valence-corrected chi connectivity index (χ4v) is 2.93. The fourth-order valence-electron chi connectivity index (χ4n) is 2.93. The molecular formula is C23H38N4. The van der Waals surface area contributed by atoms with Gasteiger partial charge in [-0.3, -0.25) is 4.90 Å². The maximum Gasteiger partial charge on any atom is 0.0359 e. The van der Waals surface area contributed by atoms with E-state index >= 15 is 0 Å². The highest BCUT2D eigenvalue weighted by atomic mass is 15.1. The number of nitrogens with one attached hydrogen (secondary N) is 2. The van der Waals surface area contributed by atoms with Gasteiger partial charge in [0, 0.05) is 24.8 Å². The van der Waals surface area contributed by atoms with Gasteiger partial charge >= 0.3 is 0 Å². The van der Waals surface area contributed by atoms with Crippen molar-refractivity contribution in [3.8, 4) is 0 Å². The van der Waals surface area contributed by atoms with Crippen LogP contribution in [0.3, 0.4) is 0 Å². The molecule has 0 aliphatic rings. The summed E-state index contributed by atoms with van der Waals surface area (Å²) in [6, 6.07) is 19.3. The second-order valence-corrected chi connectivity index (χ2v) is 6.83. The average Bonchev–Trinajstić information content (AvgIpc) is 2.69. The van der Waals surface area contributed by atoms with E-state index in [9.17, 15) is 0 Å². The van der Waals surface area contributed by atoms with E-state index < -0.39 is 0 Å². The molecule has 0 bridgehead atoms. The lowest BCUT2D eigenvalue weighted by Gasteiger charge is -2.24. The summed E-state index contributed by atoms with van der Waals surface area (Å²) < 4.78 is 0. The van der Waals surface area contributed by atoms with Gasteiger partial charge in [0.05, 0.1) is 0 Å². The van der Waals surface area contributed by atoms with Crippen LogP contribution >= 0.6 is 0 Å². The highest BCUT2D eigenvalue weighted by Gasteiger charge is 2.10. The van der Waals surface area contributed by atoms with E-state index in [1.807, 2.05) is 32.3 Å². The summed E-state index contributed by atoms with van der Waals surface area (Å²) in [6.45, 7) is 8.55. The van der Waals surface area contributed by atoms with Crippen LogP contribution in [0.4, 0.5) is 5.69 Å². The van der Waals surface area contributed by atoms with Crippen LogP contribution in [-0.4, -0.2) is 38.1 Å². The zero-order valence-corrected chi connectivity index (χ0v) is 17.5. The van der Waals surface area contributed by atoms with E-state index in [2.05, 4.69) is 65.8 Å². The second-order valence-electron chi connectivity index (χ2n) is 6.83. The van der Waals surface area contributed by atoms with E-state index in [0.29, 0.717) is 6.04 Å². The molecule has 0 saturated carbocycles. The number of rotatable bonds is 10. The predicted octanol–water partition coefficient (Wildman–Crippen LogP) is 3.88. The number of nitrogens with two attached hydrogens (primary N) is 1. The van der Waals surface area contributed by atoms with Crippen molar-refractivity contribution in [3.05, 3.63) is 65.7 Å². The number of nitrogen functional groups attached to an aromatic ring is 1. The Bertz CT molecular complexity index is 600. The van der Waals surface area contributed by atoms with Crippen molar-refractivity contribution >= 4 is 5.69 Å². The molecule has 4 N–H and O–H groups in total. The Balaban J connectivity index is 0.00000114. The van der Waals surface area contributed by atoms with Gasteiger partial charge < -0.3 is 16.4 Å². The van der Waals surface area contributed by atoms with Gasteiger partial charge in [-0.25, -0.2) is 0 Å². The SMILES string of the molecule is CCC(CCN(CC)Cc1ccccc1)NCc1ccccc1N.CNC. The monoisotopic (exact) mass is 370 g/mol. The number of para-hydroxylation sites is 1. The number of nitrogens with zero attached hydrogens (tertiary/aromatic N) is 1. The van der Waals surface area contributed by atoms with Crippen LogP contribution in [0.2, 0.25) is 0 Å². The predicted molar refractivity (Wildman–Crippen MR) is 119 cm³/mol. The minimum Gasteiger partial charge on any atom is -0.398 e. The first-order valence-corrected chi connectivity index (χ1v) is 10.1. The van der Waals surface area contributed by atoms with E-state index in [-0.39, 0.29) is 0 Å². The summed E-state index contributed by atoms with van der Waals surface area (Å²) >= 11 is 0. The van der Waals surface area contributed by atoms with Crippen molar-refractivity contribution in [1.82, 2.24) is 15.5 Å². The molecule has 2 aromatic rings. The van der Waals surface area contributed by atoms with E-state index in [4.69, 9.17) is 5.73 Å². The number of hydrogen-bond acceptors (Lipinski definition) is 4. The topological polar surface area (TPSA) is 53.3 Å². The Morgan fingerprint density at radius 2 is 1.59 bits per heavy atom. The van der Waals surface area contributed by atoms with Crippen molar-refractivity contribution in [1.29, 1.82) is 0 Å². The lowest BCUT2D eigenvalue weighted by atomic mass is 10.1. The molecule has 0 aliphatic heterocycles. The number of hydrogen-bond donors (Lipinski definition) is 3. The number of benzene rings is 2. The maximum absolute atomic E-state index is 6.03. The standard InChI is InChI=1S/C21H31N3.C2H7N/c1-3-20(23-16-19-12-8-9-13-21(19)22)14-15-24(4-2)17-18-10-6-5-7-11-18;1-3-2/h5-13,20,23H,3-4,14-17,22H2,1-2H3;3H,1-2H3. The molecule has 2 rings (SSSR count). The van der Waals surface area contributed by atoms with Crippen molar-refractivity contribution in [2.45, 2.75) is 45.8 Å². The molecule has 150 valence electrons. The molecular weight excluding hydrogens is 332 g/mol. The van der Waals surface area contributed by atoms with Gasteiger partial charge in [-0.05, 0) is 57.2 Å². The third-order valence-electron chi connectivity index (χ3n) is 4.62. The Hall–Kier alpha value is -1.88. The summed E-state index contributed by atoms with van der Waals surface area (Å²) in [4.78, 5) is 2.51. The van der Waals surface area contributed by atoms with Gasteiger partial charge in [0.1, 0.15) is 0 Å². The summed E-state index contributed by atoms with van der Waals surface area (Å²) in [5.41, 5.74) is 9.48. The van der Waals surface area contributed by atoms with Gasteiger partial charge in [-0.2, -0.15) is 0 Å². The Morgan fingerprint density at radius 3 is 2.19 bits per heavy atom. The third kappa shape index (κ3) is 9.57. The Labute approximate surface area is 166 Å². The molecule has 0 heterocycles. The van der Waals surface area contributed by atoms with Gasteiger partial charge in [0.15, 0.2) is 0 Å². The number of anilines is 1. The zero-order valence-electron chi connectivity index (χ0n) is 17.5. The van der Waals surface area contributed by atoms with Gasteiger partial charge in [-0.1, -0.05) is 62.4 Å². The fraction of sp³-hybridized carbons (Fsp3) is 0.478. The summed E-state index contributed by atoms with van der Waals surface area (Å²) in [5.74, 6) is 0. The van der Waals surface area contributed by atoms with Crippen LogP contribution in [0, 0.1) is 0 Å². The minimum absolute atomic E-state index is 0.523. The first kappa shape index (κ1) is 23.2. The van der Waals surface area contributed by atoms with E-state index in [0.717, 1.165) is 44.7 Å². The first-order valence-electron chi connectivity index (χ1n) is 10.1. The van der Waals surface area contributed by atoms with Crippen LogP contribution in [-0.2, 0) is 13.1 Å². The molecule has 1 unspecified atom stereocenters. The third-order valence-corrected chi connectivity index (χ3v) is 4.62. The van der Waals surface area contributed by atoms with Crippen molar-refractivity contribution in [2.24, 2.45) is 0 Å². The van der Waals surface area contributed by atoms with E-state index in [1.54, 1.807) is 0 Å². The van der Waals surface area contributed by atoms with Gasteiger partial charge in [-0.15, -0.1) is 0 Å². The van der Waals surface area contributed by atoms with Crippen LogP contribution in [0.25, 0.3) is 0 Å². The normalized spacial score (nSPS) is 11.7. The molecule has 27 heavy (non-hydrogen) atoms. The Morgan fingerprint density at radius 1 is 0.963 bits per heavy atom. The largest absolute Gasteiger partial charge is 0.398 e. The highest BCUT2D eigenvalue weighted by molar-refractivity contribution is 5.46. The van der Waals surface area contributed by atoms with Gasteiger partial charge in [0.2, 0.25) is 0 Å². The molecule has 0 aliphatic carbocycles. The molecule has 0 radical (unpaired) electrons. The lowest BCUT2D eigenvalue weighted by molar-refractivity contribution is 0.258. The van der Waals surface area contributed by atoms with Crippen LogP contribution in [0.5, 0.6) is 0 Å². The maximum atomic E-state index is 6.03.